The Morgan fingerprint density at radius 1 is 1.41 bits per heavy atom. The Hall–Kier alpha value is -1.29. The van der Waals surface area contributed by atoms with Crippen molar-refractivity contribution in [1.29, 1.82) is 0 Å². The van der Waals surface area contributed by atoms with E-state index in [9.17, 15) is 4.39 Å². The fourth-order valence-corrected chi connectivity index (χ4v) is 2.17. The Bertz CT molecular complexity index is 373. The maximum atomic E-state index is 13.2. The first-order valence-corrected chi connectivity index (χ1v) is 6.12. The molecule has 1 fully saturated rings. The van der Waals surface area contributed by atoms with Crippen molar-refractivity contribution in [3.63, 3.8) is 0 Å². The molecule has 1 aliphatic rings. The third-order valence-electron chi connectivity index (χ3n) is 3.43. The smallest absolute Gasteiger partial charge is 0.148 e. The molecular formula is C13H20FN3. The van der Waals surface area contributed by atoms with Gasteiger partial charge in [-0.25, -0.2) is 4.39 Å². The third kappa shape index (κ3) is 3.33. The van der Waals surface area contributed by atoms with Crippen molar-refractivity contribution in [2.45, 2.75) is 12.8 Å². The average molecular weight is 237 g/mol. The number of benzene rings is 1. The van der Waals surface area contributed by atoms with E-state index >= 15 is 0 Å². The van der Waals surface area contributed by atoms with Crippen LogP contribution in [0, 0.1) is 11.7 Å². The zero-order chi connectivity index (χ0) is 12.3. The van der Waals surface area contributed by atoms with Gasteiger partial charge in [0.05, 0.1) is 5.69 Å². The molecular weight excluding hydrogens is 217 g/mol. The normalized spacial score (nSPS) is 18.2. The van der Waals surface area contributed by atoms with E-state index in [0.717, 1.165) is 25.3 Å². The molecule has 3 N–H and O–H groups in total. The molecule has 0 atom stereocenters. The molecule has 0 amide bonds. The number of nitrogens with one attached hydrogen (secondary N) is 1. The van der Waals surface area contributed by atoms with Crippen LogP contribution in [0.1, 0.15) is 12.8 Å². The van der Waals surface area contributed by atoms with E-state index < -0.39 is 0 Å². The highest BCUT2D eigenvalue weighted by atomic mass is 19.1. The van der Waals surface area contributed by atoms with E-state index in [1.165, 1.54) is 18.9 Å². The van der Waals surface area contributed by atoms with E-state index in [1.54, 1.807) is 6.07 Å². The van der Waals surface area contributed by atoms with Crippen LogP contribution in [0.4, 0.5) is 15.8 Å². The lowest BCUT2D eigenvalue weighted by atomic mass is 9.97. The molecule has 0 radical (unpaired) electrons. The molecule has 17 heavy (non-hydrogen) atoms. The second-order valence-electron chi connectivity index (χ2n) is 4.86. The van der Waals surface area contributed by atoms with Crippen LogP contribution < -0.4 is 11.1 Å². The Balaban J connectivity index is 1.83. The first-order valence-electron chi connectivity index (χ1n) is 6.12. The van der Waals surface area contributed by atoms with Crippen LogP contribution in [0.2, 0.25) is 0 Å². The maximum Gasteiger partial charge on any atom is 0.148 e. The van der Waals surface area contributed by atoms with Gasteiger partial charge in [0, 0.05) is 12.2 Å². The first-order chi connectivity index (χ1) is 8.15. The van der Waals surface area contributed by atoms with E-state index in [-0.39, 0.29) is 11.5 Å². The van der Waals surface area contributed by atoms with E-state index in [0.29, 0.717) is 5.92 Å². The quantitative estimate of drug-likeness (QED) is 0.792. The summed E-state index contributed by atoms with van der Waals surface area (Å²) in [4.78, 5) is 2.35. The van der Waals surface area contributed by atoms with Crippen LogP contribution in [-0.4, -0.2) is 31.6 Å². The molecule has 0 saturated carbocycles. The monoisotopic (exact) mass is 237 g/mol. The summed E-state index contributed by atoms with van der Waals surface area (Å²) < 4.78 is 13.2. The summed E-state index contributed by atoms with van der Waals surface area (Å²) in [5, 5.41) is 3.28. The van der Waals surface area contributed by atoms with Gasteiger partial charge in [-0.3, -0.25) is 0 Å². The highest BCUT2D eigenvalue weighted by Gasteiger charge is 2.16. The van der Waals surface area contributed by atoms with E-state index in [4.69, 9.17) is 5.73 Å². The molecule has 1 aliphatic heterocycles. The lowest BCUT2D eigenvalue weighted by Crippen LogP contribution is -2.32. The molecule has 0 aliphatic carbocycles. The van der Waals surface area contributed by atoms with Crippen molar-refractivity contribution >= 4 is 11.4 Å². The number of nitrogen functional groups attached to an aromatic ring is 1. The summed E-state index contributed by atoms with van der Waals surface area (Å²) in [5.41, 5.74) is 6.45. The molecule has 1 saturated heterocycles. The van der Waals surface area contributed by atoms with Gasteiger partial charge in [0.2, 0.25) is 0 Å². The number of nitrogens with two attached hydrogens (primary N) is 1. The van der Waals surface area contributed by atoms with Gasteiger partial charge < -0.3 is 16.0 Å². The fraction of sp³-hybridized carbons (Fsp3) is 0.538. The van der Waals surface area contributed by atoms with Crippen molar-refractivity contribution in [2.75, 3.05) is 37.7 Å². The topological polar surface area (TPSA) is 41.3 Å². The number of anilines is 2. The van der Waals surface area contributed by atoms with Gasteiger partial charge in [-0.15, -0.1) is 0 Å². The van der Waals surface area contributed by atoms with Gasteiger partial charge in [-0.2, -0.15) is 0 Å². The highest BCUT2D eigenvalue weighted by Crippen LogP contribution is 2.19. The molecule has 4 heteroatoms. The van der Waals surface area contributed by atoms with Gasteiger partial charge in [0.25, 0.3) is 0 Å². The fourth-order valence-electron chi connectivity index (χ4n) is 2.17. The van der Waals surface area contributed by atoms with Crippen LogP contribution in [-0.2, 0) is 0 Å². The van der Waals surface area contributed by atoms with Crippen molar-refractivity contribution in [3.8, 4) is 0 Å². The molecule has 2 rings (SSSR count). The van der Waals surface area contributed by atoms with Gasteiger partial charge in [-0.1, -0.05) is 0 Å². The van der Waals surface area contributed by atoms with Crippen molar-refractivity contribution < 1.29 is 4.39 Å². The van der Waals surface area contributed by atoms with Crippen molar-refractivity contribution in [1.82, 2.24) is 4.90 Å². The Morgan fingerprint density at radius 3 is 2.76 bits per heavy atom. The summed E-state index contributed by atoms with van der Waals surface area (Å²) in [5.74, 6) is 0.338. The largest absolute Gasteiger partial charge is 0.396 e. The molecule has 0 aromatic heterocycles. The molecule has 0 spiro atoms. The number of piperidine rings is 1. The minimum atomic E-state index is -0.349. The van der Waals surface area contributed by atoms with Gasteiger partial charge in [-0.05, 0) is 57.1 Å². The van der Waals surface area contributed by atoms with Crippen molar-refractivity contribution in [3.05, 3.63) is 24.0 Å². The Morgan fingerprint density at radius 2 is 2.12 bits per heavy atom. The standard InChI is InChI=1S/C13H20FN3/c1-17-6-4-10(5-7-17)9-16-11-2-3-13(15)12(14)8-11/h2-3,8,10,16H,4-7,9,15H2,1H3. The first kappa shape index (κ1) is 12.2. The van der Waals surface area contributed by atoms with E-state index in [1.807, 2.05) is 6.07 Å². The van der Waals surface area contributed by atoms with Crippen LogP contribution in [0.5, 0.6) is 0 Å². The summed E-state index contributed by atoms with van der Waals surface area (Å²) in [6, 6.07) is 4.89. The third-order valence-corrected chi connectivity index (χ3v) is 3.43. The molecule has 94 valence electrons. The molecule has 1 heterocycles. The molecule has 0 unspecified atom stereocenters. The molecule has 1 aromatic rings. The summed E-state index contributed by atoms with van der Waals surface area (Å²) in [6.07, 6.45) is 2.42. The number of likely N-dealkylation sites (tertiary alicyclic amines) is 1. The van der Waals surface area contributed by atoms with Gasteiger partial charge in [0.15, 0.2) is 0 Å². The van der Waals surface area contributed by atoms with Gasteiger partial charge in [0.1, 0.15) is 5.82 Å². The SMILES string of the molecule is CN1CCC(CNc2ccc(N)c(F)c2)CC1. The minimum Gasteiger partial charge on any atom is -0.396 e. The number of rotatable bonds is 3. The Kier molecular flexibility index (Phi) is 3.84. The number of halogens is 1. The molecule has 0 bridgehead atoms. The average Bonchev–Trinajstić information content (AvgIpc) is 2.33. The minimum absolute atomic E-state index is 0.204. The predicted molar refractivity (Wildman–Crippen MR) is 69.5 cm³/mol. The van der Waals surface area contributed by atoms with Crippen LogP contribution in [0.15, 0.2) is 18.2 Å². The molecule has 3 nitrogen and oxygen atoms in total. The second kappa shape index (κ2) is 5.36. The summed E-state index contributed by atoms with van der Waals surface area (Å²) in [7, 11) is 2.15. The lowest BCUT2D eigenvalue weighted by molar-refractivity contribution is 0.226. The van der Waals surface area contributed by atoms with E-state index in [2.05, 4.69) is 17.3 Å². The molecule has 1 aromatic carbocycles. The van der Waals surface area contributed by atoms with Crippen molar-refractivity contribution in [2.24, 2.45) is 5.92 Å². The zero-order valence-corrected chi connectivity index (χ0v) is 10.2. The van der Waals surface area contributed by atoms with Crippen LogP contribution in [0.25, 0.3) is 0 Å². The van der Waals surface area contributed by atoms with Gasteiger partial charge >= 0.3 is 0 Å². The summed E-state index contributed by atoms with van der Waals surface area (Å²) >= 11 is 0. The van der Waals surface area contributed by atoms with Crippen LogP contribution in [0.3, 0.4) is 0 Å². The maximum absolute atomic E-state index is 13.2. The van der Waals surface area contributed by atoms with Crippen LogP contribution >= 0.6 is 0 Å². The number of hydrogen-bond acceptors (Lipinski definition) is 3. The second-order valence-corrected chi connectivity index (χ2v) is 4.86. The summed E-state index contributed by atoms with van der Waals surface area (Å²) in [6.45, 7) is 3.22. The predicted octanol–water partition coefficient (Wildman–Crippen LogP) is 2.16. The highest BCUT2D eigenvalue weighted by molar-refractivity contribution is 5.52. The number of hydrogen-bond donors (Lipinski definition) is 2. The zero-order valence-electron chi connectivity index (χ0n) is 10.2. The Labute approximate surface area is 102 Å². The number of nitrogens with zero attached hydrogens (tertiary/aromatic N) is 1. The lowest BCUT2D eigenvalue weighted by Gasteiger charge is -2.29.